The number of nitriles is 1. The summed E-state index contributed by atoms with van der Waals surface area (Å²) in [5.74, 6) is 0. The van der Waals surface area contributed by atoms with Crippen molar-refractivity contribution < 1.29 is 9.57 Å². The molecule has 0 spiro atoms. The predicted molar refractivity (Wildman–Crippen MR) is 33.9 cm³/mol. The Bertz CT molecular complexity index is 143. The van der Waals surface area contributed by atoms with Crippen molar-refractivity contribution in [3.05, 3.63) is 0 Å². The highest BCUT2D eigenvalue weighted by atomic mass is 16.7. The number of hydroxylamine groups is 2. The van der Waals surface area contributed by atoms with E-state index < -0.39 is 0 Å². The van der Waals surface area contributed by atoms with Gasteiger partial charge >= 0.3 is 0 Å². The van der Waals surface area contributed by atoms with Gasteiger partial charge in [0, 0.05) is 7.11 Å². The van der Waals surface area contributed by atoms with E-state index in [1.54, 1.807) is 12.2 Å². The third-order valence-electron chi connectivity index (χ3n) is 1.26. The van der Waals surface area contributed by atoms with Crippen molar-refractivity contribution in [2.75, 3.05) is 26.9 Å². The Morgan fingerprint density at radius 3 is 3.00 bits per heavy atom. The van der Waals surface area contributed by atoms with E-state index in [9.17, 15) is 0 Å². The van der Waals surface area contributed by atoms with E-state index in [-0.39, 0.29) is 6.04 Å². The minimum Gasteiger partial charge on any atom is -0.382 e. The maximum atomic E-state index is 8.33. The maximum absolute atomic E-state index is 8.33. The molecule has 1 rings (SSSR count). The summed E-state index contributed by atoms with van der Waals surface area (Å²) in [6.07, 6.45) is 0. The van der Waals surface area contributed by atoms with Crippen molar-refractivity contribution in [2.45, 2.75) is 6.04 Å². The van der Waals surface area contributed by atoms with Gasteiger partial charge in [-0.15, -0.1) is 0 Å². The Labute approximate surface area is 59.9 Å². The number of hydrogen-bond acceptors (Lipinski definition) is 4. The molecular formula is C6H10N2O2. The maximum Gasteiger partial charge on any atom is 0.137 e. The molecule has 4 nitrogen and oxygen atoms in total. The highest BCUT2D eigenvalue weighted by Crippen LogP contribution is 2.15. The van der Waals surface area contributed by atoms with E-state index in [0.717, 1.165) is 6.54 Å². The van der Waals surface area contributed by atoms with Crippen molar-refractivity contribution in [1.82, 2.24) is 5.06 Å². The monoisotopic (exact) mass is 142 g/mol. The van der Waals surface area contributed by atoms with Crippen molar-refractivity contribution in [2.24, 2.45) is 0 Å². The van der Waals surface area contributed by atoms with Gasteiger partial charge in [0.25, 0.3) is 0 Å². The topological polar surface area (TPSA) is 45.3 Å². The summed E-state index contributed by atoms with van der Waals surface area (Å²) in [4.78, 5) is 5.08. The fourth-order valence-corrected chi connectivity index (χ4v) is 0.609. The normalized spacial score (nSPS) is 29.6. The molecule has 0 amide bonds. The number of rotatable bonds is 4. The Kier molecular flexibility index (Phi) is 2.63. The zero-order valence-electron chi connectivity index (χ0n) is 5.91. The Hall–Kier alpha value is -0.630. The molecular weight excluding hydrogens is 132 g/mol. The zero-order valence-corrected chi connectivity index (χ0v) is 5.91. The van der Waals surface area contributed by atoms with Gasteiger partial charge in [0.15, 0.2) is 0 Å². The largest absolute Gasteiger partial charge is 0.382 e. The summed E-state index contributed by atoms with van der Waals surface area (Å²) in [5, 5.41) is 9.97. The number of nitrogens with zero attached hydrogens (tertiary/aromatic N) is 2. The molecule has 0 aromatic heterocycles. The van der Waals surface area contributed by atoms with E-state index in [2.05, 4.69) is 6.07 Å². The van der Waals surface area contributed by atoms with Gasteiger partial charge in [-0.05, 0) is 0 Å². The van der Waals surface area contributed by atoms with Gasteiger partial charge < -0.3 is 4.74 Å². The summed E-state index contributed by atoms with van der Waals surface area (Å²) < 4.78 is 4.75. The van der Waals surface area contributed by atoms with Crippen LogP contribution in [-0.4, -0.2) is 38.0 Å². The summed E-state index contributed by atoms with van der Waals surface area (Å²) in [7, 11) is 1.62. The van der Waals surface area contributed by atoms with Crippen LogP contribution in [0.3, 0.4) is 0 Å². The first-order valence-electron chi connectivity index (χ1n) is 3.16. The van der Waals surface area contributed by atoms with Crippen molar-refractivity contribution in [3.8, 4) is 6.07 Å². The lowest BCUT2D eigenvalue weighted by molar-refractivity contribution is -0.0867. The summed E-state index contributed by atoms with van der Waals surface area (Å²) >= 11 is 0. The Morgan fingerprint density at radius 1 is 1.70 bits per heavy atom. The lowest BCUT2D eigenvalue weighted by Gasteiger charge is -2.00. The van der Waals surface area contributed by atoms with Crippen molar-refractivity contribution in [3.63, 3.8) is 0 Å². The summed E-state index contributed by atoms with van der Waals surface area (Å²) in [5.41, 5.74) is 0. The minimum absolute atomic E-state index is 0.0168. The third-order valence-corrected chi connectivity index (χ3v) is 1.26. The molecule has 2 atom stereocenters. The number of ether oxygens (including phenoxy) is 1. The minimum atomic E-state index is -0.0168. The molecule has 0 aliphatic carbocycles. The van der Waals surface area contributed by atoms with Gasteiger partial charge in [-0.25, -0.2) is 0 Å². The zero-order chi connectivity index (χ0) is 7.40. The standard InChI is InChI=1S/C6H10N2O2/c1-9-2-3-10-8-5-6(8)4-7/h6H,2-3,5H2,1H3. The van der Waals surface area contributed by atoms with Crippen LogP contribution in [0.15, 0.2) is 0 Å². The van der Waals surface area contributed by atoms with Crippen LogP contribution in [0.1, 0.15) is 0 Å². The van der Waals surface area contributed by atoms with Gasteiger partial charge in [0.05, 0.1) is 25.8 Å². The first kappa shape index (κ1) is 7.48. The van der Waals surface area contributed by atoms with Gasteiger partial charge in [0.1, 0.15) is 6.04 Å². The lowest BCUT2D eigenvalue weighted by atomic mass is 10.6. The predicted octanol–water partition coefficient (Wildman–Crippen LogP) is -0.228. The van der Waals surface area contributed by atoms with Crippen LogP contribution in [0.25, 0.3) is 0 Å². The van der Waals surface area contributed by atoms with E-state index in [0.29, 0.717) is 13.2 Å². The fraction of sp³-hybridized carbons (Fsp3) is 0.833. The average molecular weight is 142 g/mol. The highest BCUT2D eigenvalue weighted by Gasteiger charge is 2.35. The summed E-state index contributed by atoms with van der Waals surface area (Å²) in [6.45, 7) is 1.85. The first-order valence-corrected chi connectivity index (χ1v) is 3.16. The quantitative estimate of drug-likeness (QED) is 0.402. The number of hydrogen-bond donors (Lipinski definition) is 0. The molecule has 0 radical (unpaired) electrons. The SMILES string of the molecule is COCCON1CC1C#N. The van der Waals surface area contributed by atoms with Gasteiger partial charge in [-0.3, -0.25) is 4.84 Å². The van der Waals surface area contributed by atoms with Crippen LogP contribution in [0.2, 0.25) is 0 Å². The molecule has 10 heavy (non-hydrogen) atoms. The van der Waals surface area contributed by atoms with E-state index in [1.807, 2.05) is 0 Å². The fourth-order valence-electron chi connectivity index (χ4n) is 0.609. The molecule has 1 heterocycles. The summed E-state index contributed by atoms with van der Waals surface area (Å²) in [6, 6.07) is 2.06. The van der Waals surface area contributed by atoms with Crippen LogP contribution in [0.4, 0.5) is 0 Å². The molecule has 1 aliphatic rings. The second-order valence-electron chi connectivity index (χ2n) is 2.07. The van der Waals surface area contributed by atoms with Crippen LogP contribution in [0.5, 0.6) is 0 Å². The molecule has 0 N–H and O–H groups in total. The molecule has 0 saturated carbocycles. The van der Waals surface area contributed by atoms with Crippen LogP contribution in [-0.2, 0) is 9.57 Å². The number of methoxy groups -OCH3 is 1. The Balaban J connectivity index is 1.93. The molecule has 2 unspecified atom stereocenters. The molecule has 1 fully saturated rings. The van der Waals surface area contributed by atoms with Gasteiger partial charge in [-0.1, -0.05) is 0 Å². The van der Waals surface area contributed by atoms with Crippen LogP contribution >= 0.6 is 0 Å². The van der Waals surface area contributed by atoms with Crippen LogP contribution < -0.4 is 0 Å². The lowest BCUT2D eigenvalue weighted by Crippen LogP contribution is -2.08. The molecule has 56 valence electrons. The van der Waals surface area contributed by atoms with Gasteiger partial charge in [-0.2, -0.15) is 10.3 Å². The first-order chi connectivity index (χ1) is 4.88. The molecule has 0 bridgehead atoms. The molecule has 4 heteroatoms. The Morgan fingerprint density at radius 2 is 2.50 bits per heavy atom. The van der Waals surface area contributed by atoms with Gasteiger partial charge in [0.2, 0.25) is 0 Å². The van der Waals surface area contributed by atoms with Crippen molar-refractivity contribution in [1.29, 1.82) is 5.26 Å². The third kappa shape index (κ3) is 1.95. The average Bonchev–Trinajstić information content (AvgIpc) is 2.68. The highest BCUT2D eigenvalue weighted by molar-refractivity contribution is 5.01. The second kappa shape index (κ2) is 3.52. The molecule has 0 aromatic carbocycles. The smallest absolute Gasteiger partial charge is 0.137 e. The molecule has 0 aromatic rings. The molecule has 1 aliphatic heterocycles. The second-order valence-corrected chi connectivity index (χ2v) is 2.07. The van der Waals surface area contributed by atoms with Crippen LogP contribution in [0, 0.1) is 11.3 Å². The van der Waals surface area contributed by atoms with E-state index in [4.69, 9.17) is 14.8 Å². The molecule has 1 saturated heterocycles. The van der Waals surface area contributed by atoms with Crippen molar-refractivity contribution >= 4 is 0 Å². The van der Waals surface area contributed by atoms with E-state index in [1.165, 1.54) is 0 Å². The van der Waals surface area contributed by atoms with E-state index >= 15 is 0 Å².